The summed E-state index contributed by atoms with van der Waals surface area (Å²) in [5, 5.41) is 3.04. The van der Waals surface area contributed by atoms with E-state index in [1.807, 2.05) is 0 Å². The number of amides is 1. The van der Waals surface area contributed by atoms with Gasteiger partial charge in [0.2, 0.25) is 5.91 Å². The van der Waals surface area contributed by atoms with Crippen LogP contribution in [0, 0.1) is 12.3 Å². The Morgan fingerprint density at radius 2 is 2.22 bits per heavy atom. The van der Waals surface area contributed by atoms with E-state index in [0.717, 1.165) is 5.56 Å². The molecule has 1 aliphatic rings. The van der Waals surface area contributed by atoms with E-state index >= 15 is 0 Å². The predicted molar refractivity (Wildman–Crippen MR) is 68.0 cm³/mol. The molecular weight excluding hydrogens is 254 g/mol. The Balaban J connectivity index is 2.12. The van der Waals surface area contributed by atoms with Crippen molar-refractivity contribution in [2.45, 2.75) is 6.42 Å². The molecule has 0 unspecified atom stereocenters. The van der Waals surface area contributed by atoms with E-state index in [2.05, 4.69) is 11.2 Å². The number of ether oxygens (including phenoxy) is 2. The molecule has 1 aromatic rings. The number of nitrogens with one attached hydrogen (secondary N) is 1. The quantitative estimate of drug-likeness (QED) is 0.841. The van der Waals surface area contributed by atoms with Crippen molar-refractivity contribution in [3.63, 3.8) is 0 Å². The Kier molecular flexibility index (Phi) is 3.96. The zero-order valence-electron chi connectivity index (χ0n) is 9.66. The Labute approximate surface area is 110 Å². The molecule has 94 valence electrons. The average Bonchev–Trinajstić information content (AvgIpc) is 2.36. The first-order chi connectivity index (χ1) is 8.70. The maximum Gasteiger partial charge on any atom is 0.225 e. The second-order valence-corrected chi connectivity index (χ2v) is 4.17. The van der Waals surface area contributed by atoms with Crippen molar-refractivity contribution in [1.29, 1.82) is 0 Å². The Morgan fingerprint density at radius 3 is 3.00 bits per heavy atom. The fraction of sp³-hybridized carbons (Fsp3) is 0.308. The normalized spacial score (nSPS) is 12.7. The van der Waals surface area contributed by atoms with Crippen LogP contribution < -0.4 is 14.8 Å². The summed E-state index contributed by atoms with van der Waals surface area (Å²) in [6, 6.07) is 3.46. The summed E-state index contributed by atoms with van der Waals surface area (Å²) in [6.07, 6.45) is 5.27. The van der Waals surface area contributed by atoms with Crippen LogP contribution in [-0.4, -0.2) is 25.7 Å². The van der Waals surface area contributed by atoms with Crippen molar-refractivity contribution in [3.05, 3.63) is 22.7 Å². The zero-order chi connectivity index (χ0) is 13.0. The largest absolute Gasteiger partial charge is 0.486 e. The molecule has 0 fully saturated rings. The molecule has 0 spiro atoms. The van der Waals surface area contributed by atoms with Crippen molar-refractivity contribution in [3.8, 4) is 23.8 Å². The van der Waals surface area contributed by atoms with E-state index in [1.54, 1.807) is 12.1 Å². The van der Waals surface area contributed by atoms with Crippen molar-refractivity contribution in [2.24, 2.45) is 0 Å². The van der Waals surface area contributed by atoms with Gasteiger partial charge >= 0.3 is 0 Å². The number of carbonyl (C=O) groups excluding carboxylic acids is 1. The summed E-state index contributed by atoms with van der Waals surface area (Å²) < 4.78 is 10.8. The molecule has 5 heteroatoms. The van der Waals surface area contributed by atoms with Crippen LogP contribution in [0.1, 0.15) is 5.56 Å². The SMILES string of the molecule is C#CCNC(=O)Cc1cc(Cl)c2c(c1)OCCO2. The Hall–Kier alpha value is -1.86. The van der Waals surface area contributed by atoms with Gasteiger partial charge in [0.05, 0.1) is 18.0 Å². The van der Waals surface area contributed by atoms with Crippen LogP contribution >= 0.6 is 11.6 Å². The monoisotopic (exact) mass is 265 g/mol. The van der Waals surface area contributed by atoms with Crippen LogP contribution in [0.2, 0.25) is 5.02 Å². The Morgan fingerprint density at radius 1 is 1.44 bits per heavy atom. The molecule has 0 saturated heterocycles. The maximum atomic E-state index is 11.5. The van der Waals surface area contributed by atoms with Gasteiger partial charge in [-0.1, -0.05) is 17.5 Å². The summed E-state index contributed by atoms with van der Waals surface area (Å²) in [5.41, 5.74) is 0.763. The number of carbonyl (C=O) groups is 1. The van der Waals surface area contributed by atoms with Gasteiger partial charge in [-0.15, -0.1) is 6.42 Å². The second kappa shape index (κ2) is 5.65. The van der Waals surface area contributed by atoms with Gasteiger partial charge in [0, 0.05) is 0 Å². The highest BCUT2D eigenvalue weighted by atomic mass is 35.5. The van der Waals surface area contributed by atoms with Gasteiger partial charge in [0.15, 0.2) is 11.5 Å². The van der Waals surface area contributed by atoms with Crippen molar-refractivity contribution in [1.82, 2.24) is 5.32 Å². The molecule has 1 amide bonds. The molecule has 0 aromatic heterocycles. The first-order valence-electron chi connectivity index (χ1n) is 5.49. The van der Waals surface area contributed by atoms with Crippen LogP contribution in [0.5, 0.6) is 11.5 Å². The van der Waals surface area contributed by atoms with Crippen LogP contribution in [0.3, 0.4) is 0 Å². The minimum Gasteiger partial charge on any atom is -0.486 e. The number of rotatable bonds is 3. The molecular formula is C13H12ClNO3. The molecule has 18 heavy (non-hydrogen) atoms. The zero-order valence-corrected chi connectivity index (χ0v) is 10.4. The number of benzene rings is 1. The molecule has 2 rings (SSSR count). The minimum absolute atomic E-state index is 0.152. The molecule has 4 nitrogen and oxygen atoms in total. The minimum atomic E-state index is -0.152. The van der Waals surface area contributed by atoms with Crippen LogP contribution in [0.15, 0.2) is 12.1 Å². The first kappa shape index (κ1) is 12.6. The molecule has 0 bridgehead atoms. The van der Waals surface area contributed by atoms with Crippen molar-refractivity contribution < 1.29 is 14.3 Å². The highest BCUT2D eigenvalue weighted by Crippen LogP contribution is 2.38. The fourth-order valence-corrected chi connectivity index (χ4v) is 1.95. The van der Waals surface area contributed by atoms with Crippen LogP contribution in [0.25, 0.3) is 0 Å². The number of terminal acetylenes is 1. The number of halogens is 1. The molecule has 0 atom stereocenters. The molecule has 1 heterocycles. The third-order valence-corrected chi connectivity index (χ3v) is 2.69. The van der Waals surface area contributed by atoms with Gasteiger partial charge < -0.3 is 14.8 Å². The van der Waals surface area contributed by atoms with Gasteiger partial charge in [0.25, 0.3) is 0 Å². The van der Waals surface area contributed by atoms with E-state index in [1.165, 1.54) is 0 Å². The summed E-state index contributed by atoms with van der Waals surface area (Å²) in [6.45, 7) is 1.18. The van der Waals surface area contributed by atoms with Crippen molar-refractivity contribution >= 4 is 17.5 Å². The first-order valence-corrected chi connectivity index (χ1v) is 5.86. The standard InChI is InChI=1S/C13H12ClNO3/c1-2-3-15-12(16)8-9-6-10(14)13-11(7-9)17-4-5-18-13/h1,6-7H,3-5,8H2,(H,15,16). The lowest BCUT2D eigenvalue weighted by molar-refractivity contribution is -0.120. The average molecular weight is 266 g/mol. The molecule has 0 aliphatic carbocycles. The van der Waals surface area contributed by atoms with Crippen molar-refractivity contribution in [2.75, 3.05) is 19.8 Å². The van der Waals surface area contributed by atoms with E-state index in [4.69, 9.17) is 27.5 Å². The lowest BCUT2D eigenvalue weighted by Gasteiger charge is -2.20. The van der Waals surface area contributed by atoms with E-state index in [-0.39, 0.29) is 18.9 Å². The van der Waals surface area contributed by atoms with Gasteiger partial charge in [-0.2, -0.15) is 0 Å². The lowest BCUT2D eigenvalue weighted by atomic mass is 10.1. The topological polar surface area (TPSA) is 47.6 Å². The summed E-state index contributed by atoms with van der Waals surface area (Å²) in [5.74, 6) is 3.31. The van der Waals surface area contributed by atoms with Crippen LogP contribution in [0.4, 0.5) is 0 Å². The highest BCUT2D eigenvalue weighted by Gasteiger charge is 2.17. The van der Waals surface area contributed by atoms with Gasteiger partial charge in [0.1, 0.15) is 13.2 Å². The summed E-state index contributed by atoms with van der Waals surface area (Å²) in [4.78, 5) is 11.5. The third-order valence-electron chi connectivity index (χ3n) is 2.41. The molecule has 1 aromatic carbocycles. The number of hydrogen-bond donors (Lipinski definition) is 1. The molecule has 0 saturated carbocycles. The molecule has 0 radical (unpaired) electrons. The lowest BCUT2D eigenvalue weighted by Crippen LogP contribution is -2.25. The van der Waals surface area contributed by atoms with Crippen LogP contribution in [-0.2, 0) is 11.2 Å². The fourth-order valence-electron chi connectivity index (χ4n) is 1.66. The van der Waals surface area contributed by atoms with E-state index < -0.39 is 0 Å². The number of hydrogen-bond acceptors (Lipinski definition) is 3. The summed E-state index contributed by atoms with van der Waals surface area (Å²) >= 11 is 6.07. The van der Waals surface area contributed by atoms with Gasteiger partial charge in [-0.05, 0) is 17.7 Å². The highest BCUT2D eigenvalue weighted by molar-refractivity contribution is 6.32. The number of fused-ring (bicyclic) bond motifs is 1. The third kappa shape index (κ3) is 2.88. The maximum absolute atomic E-state index is 11.5. The Bertz CT molecular complexity index is 508. The predicted octanol–water partition coefficient (Wildman–Crippen LogP) is 1.40. The summed E-state index contributed by atoms with van der Waals surface area (Å²) in [7, 11) is 0. The van der Waals surface area contributed by atoms with E-state index in [9.17, 15) is 4.79 Å². The molecule has 1 aliphatic heterocycles. The van der Waals surface area contributed by atoms with E-state index in [0.29, 0.717) is 29.7 Å². The van der Waals surface area contributed by atoms with Gasteiger partial charge in [-0.25, -0.2) is 0 Å². The second-order valence-electron chi connectivity index (χ2n) is 3.76. The van der Waals surface area contributed by atoms with Gasteiger partial charge in [-0.3, -0.25) is 4.79 Å². The molecule has 1 N–H and O–H groups in total. The smallest absolute Gasteiger partial charge is 0.225 e.